The molecule has 0 heterocycles. The third-order valence-electron chi connectivity index (χ3n) is 22.4. The number of sulfone groups is 1. The normalized spacial score (nSPS) is 40.6. The maximum atomic E-state index is 14.0. The molecule has 6 fully saturated rings. The molecule has 0 aromatic heterocycles. The molecule has 0 bridgehead atoms. The second-order valence-electron chi connectivity index (χ2n) is 25.3. The summed E-state index contributed by atoms with van der Waals surface area (Å²) in [5, 5.41) is 49.0. The Morgan fingerprint density at radius 1 is 0.629 bits per heavy atom. The fraction of sp³-hybridized carbons (Fsp3) is 0.836. The van der Waals surface area contributed by atoms with E-state index in [1.165, 1.54) is 69.8 Å². The predicted molar refractivity (Wildman–Crippen MR) is 290 cm³/mol. The van der Waals surface area contributed by atoms with Crippen LogP contribution in [0.4, 0.5) is 0 Å². The van der Waals surface area contributed by atoms with E-state index in [9.17, 15) is 28.8 Å². The molecule has 0 radical (unpaired) electrons. The monoisotopic (exact) mass is 1000 g/mol. The zero-order valence-corrected chi connectivity index (χ0v) is 47.9. The molecule has 3 unspecified atom stereocenters. The van der Waals surface area contributed by atoms with E-state index in [1.807, 2.05) is 13.0 Å². The number of hydrogen-bond donors (Lipinski definition) is 5. The Morgan fingerprint density at radius 2 is 1.10 bits per heavy atom. The summed E-state index contributed by atoms with van der Waals surface area (Å²) in [6.45, 7) is 18.0. The van der Waals surface area contributed by atoms with Crippen LogP contribution < -0.4 is 0 Å². The third-order valence-corrected chi connectivity index (χ3v) is 24.8. The van der Waals surface area contributed by atoms with Gasteiger partial charge in [-0.15, -0.1) is 0 Å². The van der Waals surface area contributed by atoms with E-state index in [0.717, 1.165) is 113 Å². The Balaban J connectivity index is 0.000000299. The topological polar surface area (TPSA) is 135 Å². The second kappa shape index (κ2) is 24.0. The average Bonchev–Trinajstić information content (AvgIpc) is 3.92. The molecule has 8 aliphatic carbocycles. The molecule has 0 amide bonds. The van der Waals surface area contributed by atoms with Gasteiger partial charge in [0.1, 0.15) is 0 Å². The van der Waals surface area contributed by atoms with Crippen LogP contribution in [0.3, 0.4) is 0 Å². The number of benzene rings is 1. The number of hydrogen-bond acceptors (Lipinski definition) is 7. The number of aliphatic hydroxyl groups excluding tert-OH is 3. The van der Waals surface area contributed by atoms with E-state index >= 15 is 0 Å². The summed E-state index contributed by atoms with van der Waals surface area (Å²) in [4.78, 5) is 0.387. The molecule has 0 saturated heterocycles. The first-order chi connectivity index (χ1) is 32.8. The first-order valence-corrected chi connectivity index (χ1v) is 30.3. The predicted octanol–water partition coefficient (Wildman–Crippen LogP) is 12.9. The van der Waals surface area contributed by atoms with Crippen LogP contribution in [-0.4, -0.2) is 92.8 Å². The van der Waals surface area contributed by atoms with E-state index in [1.54, 1.807) is 29.8 Å². The van der Waals surface area contributed by atoms with Crippen LogP contribution in [-0.2, 0) is 9.84 Å². The molecule has 396 valence electrons. The van der Waals surface area contributed by atoms with Gasteiger partial charge in [0.2, 0.25) is 0 Å². The van der Waals surface area contributed by atoms with E-state index in [-0.39, 0.29) is 43.3 Å². The van der Waals surface area contributed by atoms with Gasteiger partial charge in [0, 0.05) is 7.11 Å². The van der Waals surface area contributed by atoms with Crippen molar-refractivity contribution in [3.63, 3.8) is 0 Å². The Labute approximate surface area is 446 Å². The van der Waals surface area contributed by atoms with Crippen molar-refractivity contribution in [2.24, 2.45) is 81.8 Å². The maximum Gasteiger partial charge on any atom is 2.00 e. The van der Waals surface area contributed by atoms with Gasteiger partial charge in [-0.3, -0.25) is 0 Å². The van der Waals surface area contributed by atoms with Crippen LogP contribution in [0.1, 0.15) is 206 Å². The number of aliphatic hydroxyl groups is 5. The molecular formula is C61H102MgO7S. The Morgan fingerprint density at radius 3 is 1.57 bits per heavy atom. The first kappa shape index (κ1) is 58.5. The molecular weight excluding hydrogens is 901 g/mol. The molecule has 7 nitrogen and oxygen atoms in total. The van der Waals surface area contributed by atoms with Crippen molar-refractivity contribution in [3.05, 3.63) is 53.6 Å². The summed E-state index contributed by atoms with van der Waals surface area (Å²) in [5.74, 6) is 8.02. The fourth-order valence-electron chi connectivity index (χ4n) is 18.2. The first-order valence-electron chi connectivity index (χ1n) is 28.8. The zero-order chi connectivity index (χ0) is 50.1. The van der Waals surface area contributed by atoms with Gasteiger partial charge in [-0.25, -0.2) is 8.42 Å². The zero-order valence-electron chi connectivity index (χ0n) is 47.6. The van der Waals surface area contributed by atoms with Crippen LogP contribution in [0.5, 0.6) is 0 Å². The van der Waals surface area contributed by atoms with Crippen molar-refractivity contribution >= 4 is 32.9 Å². The van der Waals surface area contributed by atoms with Crippen LogP contribution in [0.15, 0.2) is 58.5 Å². The minimum absolute atomic E-state index is 0. The molecule has 70 heavy (non-hydrogen) atoms. The molecule has 1 aromatic carbocycles. The van der Waals surface area contributed by atoms with Crippen molar-refractivity contribution in [2.75, 3.05) is 7.11 Å². The average molecular weight is 1000 g/mol. The van der Waals surface area contributed by atoms with Gasteiger partial charge in [-0.2, -0.15) is 0 Å². The van der Waals surface area contributed by atoms with Crippen molar-refractivity contribution in [3.8, 4) is 0 Å². The van der Waals surface area contributed by atoms with Gasteiger partial charge in [0.25, 0.3) is 0 Å². The van der Waals surface area contributed by atoms with Crippen LogP contribution >= 0.6 is 0 Å². The molecule has 0 aliphatic heterocycles. The quantitative estimate of drug-likeness (QED) is 0.0925. The summed E-state index contributed by atoms with van der Waals surface area (Å²) in [6.07, 6.45) is 28.9. The van der Waals surface area contributed by atoms with Gasteiger partial charge >= 0.3 is 23.1 Å². The smallest absolute Gasteiger partial charge is 1.00 e. The Bertz CT molecular complexity index is 2020. The van der Waals surface area contributed by atoms with Crippen molar-refractivity contribution in [2.45, 2.75) is 237 Å². The van der Waals surface area contributed by atoms with Crippen molar-refractivity contribution in [1.82, 2.24) is 0 Å². The maximum absolute atomic E-state index is 14.0. The van der Waals surface area contributed by atoms with Gasteiger partial charge in [-0.1, -0.05) is 96.9 Å². The van der Waals surface area contributed by atoms with Gasteiger partial charge in [0.15, 0.2) is 9.84 Å². The number of rotatable bonds is 14. The summed E-state index contributed by atoms with van der Waals surface area (Å²) in [7, 11) is -2.55. The van der Waals surface area contributed by atoms with Crippen molar-refractivity contribution in [1.29, 1.82) is 0 Å². The van der Waals surface area contributed by atoms with Crippen LogP contribution in [0, 0.1) is 81.8 Å². The van der Waals surface area contributed by atoms with E-state index in [2.05, 4.69) is 60.6 Å². The number of allylic oxidation sites excluding steroid dienone is 2. The molecule has 5 N–H and O–H groups in total. The summed E-state index contributed by atoms with van der Waals surface area (Å²) in [6, 6.07) is 8.90. The van der Waals surface area contributed by atoms with Crippen LogP contribution in [0.25, 0.3) is 0 Å². The van der Waals surface area contributed by atoms with Gasteiger partial charge in [0.05, 0.1) is 33.6 Å². The number of fused-ring (bicyclic) bond motifs is 10. The molecule has 19 atom stereocenters. The van der Waals surface area contributed by atoms with Gasteiger partial charge < -0.3 is 28.4 Å². The van der Waals surface area contributed by atoms with E-state index < -0.39 is 32.4 Å². The molecule has 8 aliphatic rings. The largest absolute Gasteiger partial charge is 2.00 e. The standard InChI is InChI=1S/C33H50O4S.C27H46O2.CH4O.Mg.2H/c1-5-24(34)20-31(38(36,37)25-10-8-7-9-11-25)22(3)29-14-15-30-28-13-12-23-21-33(35,6-2)19-17-26(23)27(28)16-18-32(29,30)4;1-5-20(28)9-7-18(3)24-11-12-25-23-10-8-19-17-27(29,6-2)16-14-21(19)22(23)13-15-26(24,25)4;1-2;;;/h7-12,22,24,26-31,34-35H,5-6,13-21H2,1-4H3;8,18,20-25,28-29H,5-7,9-17H2,1-4H3;2H,1H3;;;/q;;;+2;2*-1/t22-,24?,26-,27+,28+,29+,30-,31?,32+,33-;18-,20?,21+,22-,23-,24-,25+,26-,27+;;;;/m01..../s1. The molecule has 1 aromatic rings. The van der Waals surface area contributed by atoms with E-state index in [0.29, 0.717) is 52.7 Å². The summed E-state index contributed by atoms with van der Waals surface area (Å²) in [5.41, 5.74) is 2.87. The van der Waals surface area contributed by atoms with Crippen molar-refractivity contribution < 1.29 is 36.8 Å². The molecule has 6 saturated carbocycles. The fourth-order valence-corrected chi connectivity index (χ4v) is 20.3. The molecule has 0 spiro atoms. The summed E-state index contributed by atoms with van der Waals surface area (Å²) < 4.78 is 27.9. The van der Waals surface area contributed by atoms with E-state index in [4.69, 9.17) is 5.11 Å². The molecule has 9 rings (SSSR count). The summed E-state index contributed by atoms with van der Waals surface area (Å²) >= 11 is 0. The Hall–Kier alpha value is -0.784. The minimum atomic E-state index is -3.55. The molecule has 9 heteroatoms. The third kappa shape index (κ3) is 11.5. The minimum Gasteiger partial charge on any atom is -1.00 e. The Kier molecular flexibility index (Phi) is 20.1. The van der Waals surface area contributed by atoms with Crippen LogP contribution in [0.2, 0.25) is 0 Å². The second-order valence-corrected chi connectivity index (χ2v) is 27.5. The SMILES string of the molecule is CCC(O)CC([C@@H](C)[C@H]1CC[C@H]2[C@@H]3CC=C4C[C@](O)(CC)CC[C@@H]4[C@H]3CC[C@]12C)S(=O)(=O)c1ccccc1.CCC(O)CC[C@@H](C)[C@H]1CC[C@H]2[C@@H]3CC=C4C[C@](O)(CC)CC[C@@H]4[C@H]3CC[C@]12C.CO.[H-].[H-].[Mg+2]. The van der Waals surface area contributed by atoms with Gasteiger partial charge in [-0.05, 0) is 242 Å².